The minimum absolute atomic E-state index is 0.0180. The van der Waals surface area contributed by atoms with E-state index >= 15 is 0 Å². The number of anilines is 1. The number of hydrogen-bond donors (Lipinski definition) is 2. The molecule has 0 aliphatic carbocycles. The molecule has 18 heavy (non-hydrogen) atoms. The van der Waals surface area contributed by atoms with E-state index in [4.69, 9.17) is 10.9 Å². The van der Waals surface area contributed by atoms with Crippen molar-refractivity contribution in [2.24, 2.45) is 22.7 Å². The van der Waals surface area contributed by atoms with Crippen LogP contribution in [-0.2, 0) is 0 Å². The lowest BCUT2D eigenvalue weighted by molar-refractivity contribution is 0.318. The number of amidine groups is 1. The number of rotatable bonds is 3. The van der Waals surface area contributed by atoms with Gasteiger partial charge in [-0.15, -0.1) is 0 Å². The lowest BCUT2D eigenvalue weighted by Crippen LogP contribution is -2.23. The second kappa shape index (κ2) is 5.20. The predicted molar refractivity (Wildman–Crippen MR) is 69.7 cm³/mol. The quantitative estimate of drug-likeness (QED) is 0.362. The van der Waals surface area contributed by atoms with Crippen LogP contribution in [0.2, 0.25) is 0 Å². The van der Waals surface area contributed by atoms with Crippen LogP contribution in [-0.4, -0.2) is 34.1 Å². The summed E-state index contributed by atoms with van der Waals surface area (Å²) >= 11 is 0. The minimum Gasteiger partial charge on any atom is -0.409 e. The molecule has 0 aromatic carbocycles. The number of hydrogen-bond acceptors (Lipinski definition) is 5. The molecule has 3 N–H and O–H groups in total. The van der Waals surface area contributed by atoms with E-state index in [-0.39, 0.29) is 5.84 Å². The molecule has 1 saturated heterocycles. The van der Waals surface area contributed by atoms with Gasteiger partial charge in [-0.2, -0.15) is 0 Å². The third-order valence-electron chi connectivity index (χ3n) is 3.50. The fourth-order valence-corrected chi connectivity index (χ4v) is 2.21. The van der Waals surface area contributed by atoms with Crippen LogP contribution in [0.5, 0.6) is 0 Å². The van der Waals surface area contributed by atoms with Crippen molar-refractivity contribution in [1.29, 1.82) is 0 Å². The van der Waals surface area contributed by atoms with Crippen LogP contribution in [0.4, 0.5) is 5.82 Å². The van der Waals surface area contributed by atoms with Crippen molar-refractivity contribution in [1.82, 2.24) is 9.97 Å². The van der Waals surface area contributed by atoms with Gasteiger partial charge in [-0.3, -0.25) is 0 Å². The molecular formula is C12H19N5O. The first-order valence-electron chi connectivity index (χ1n) is 6.16. The maximum Gasteiger partial charge on any atom is 0.190 e. The van der Waals surface area contributed by atoms with Crippen molar-refractivity contribution in [3.05, 3.63) is 18.1 Å². The van der Waals surface area contributed by atoms with Crippen LogP contribution in [0.25, 0.3) is 0 Å². The molecule has 0 amide bonds. The van der Waals surface area contributed by atoms with Gasteiger partial charge >= 0.3 is 0 Å². The lowest BCUT2D eigenvalue weighted by Gasteiger charge is -2.18. The summed E-state index contributed by atoms with van der Waals surface area (Å²) in [6.07, 6.45) is 4.41. The van der Waals surface area contributed by atoms with Crippen molar-refractivity contribution < 1.29 is 5.21 Å². The molecular weight excluding hydrogens is 230 g/mol. The van der Waals surface area contributed by atoms with Crippen LogP contribution >= 0.6 is 0 Å². The Balaban J connectivity index is 2.07. The van der Waals surface area contributed by atoms with Gasteiger partial charge in [0.05, 0.1) is 12.4 Å². The van der Waals surface area contributed by atoms with Crippen LogP contribution in [0.1, 0.15) is 26.0 Å². The van der Waals surface area contributed by atoms with E-state index in [1.54, 1.807) is 6.20 Å². The largest absolute Gasteiger partial charge is 0.409 e. The Bertz CT molecular complexity index is 429. The van der Waals surface area contributed by atoms with E-state index in [1.165, 1.54) is 12.6 Å². The Morgan fingerprint density at radius 2 is 2.28 bits per heavy atom. The second-order valence-electron chi connectivity index (χ2n) is 4.98. The average molecular weight is 249 g/mol. The van der Waals surface area contributed by atoms with Crippen molar-refractivity contribution in [3.63, 3.8) is 0 Å². The summed E-state index contributed by atoms with van der Waals surface area (Å²) in [4.78, 5) is 10.7. The first-order valence-corrected chi connectivity index (χ1v) is 6.16. The molecule has 6 heteroatoms. The van der Waals surface area contributed by atoms with E-state index in [9.17, 15) is 0 Å². The number of nitrogens with zero attached hydrogens (tertiary/aromatic N) is 4. The zero-order valence-electron chi connectivity index (χ0n) is 10.7. The summed E-state index contributed by atoms with van der Waals surface area (Å²) in [7, 11) is 0. The molecule has 1 aliphatic heterocycles. The molecule has 2 heterocycles. The average Bonchev–Trinajstić information content (AvgIpc) is 2.88. The first-order chi connectivity index (χ1) is 8.61. The zero-order chi connectivity index (χ0) is 13.1. The zero-order valence-corrected chi connectivity index (χ0v) is 10.7. The highest BCUT2D eigenvalue weighted by molar-refractivity contribution is 5.94. The summed E-state index contributed by atoms with van der Waals surface area (Å²) in [5, 5.41) is 11.4. The molecule has 98 valence electrons. The topological polar surface area (TPSA) is 87.6 Å². The second-order valence-corrected chi connectivity index (χ2v) is 4.98. The normalized spacial score (nSPS) is 20.7. The molecule has 0 radical (unpaired) electrons. The fourth-order valence-electron chi connectivity index (χ4n) is 2.21. The molecule has 1 aromatic heterocycles. The molecule has 1 aliphatic rings. The highest BCUT2D eigenvalue weighted by Crippen LogP contribution is 2.26. The van der Waals surface area contributed by atoms with Gasteiger partial charge in [0.25, 0.3) is 0 Å². The number of nitrogens with two attached hydrogens (primary N) is 1. The number of aromatic nitrogens is 2. The predicted octanol–water partition coefficient (Wildman–Crippen LogP) is 1.05. The standard InChI is InChI=1S/C12H19N5O/c1-8(2)9-3-4-17(7-9)11-6-14-10(5-15-11)12(13)16-18/h5-6,8-9,18H,3-4,7H2,1-2H3,(H2,13,16). The third-order valence-corrected chi connectivity index (χ3v) is 3.50. The molecule has 2 rings (SSSR count). The Hall–Kier alpha value is -1.85. The molecule has 6 nitrogen and oxygen atoms in total. The maximum atomic E-state index is 8.55. The van der Waals surface area contributed by atoms with Gasteiger partial charge < -0.3 is 15.8 Å². The van der Waals surface area contributed by atoms with Gasteiger partial charge in [0.15, 0.2) is 5.84 Å². The minimum atomic E-state index is -0.0180. The molecule has 1 fully saturated rings. The van der Waals surface area contributed by atoms with E-state index in [0.29, 0.717) is 11.6 Å². The summed E-state index contributed by atoms with van der Waals surface area (Å²) in [6.45, 7) is 6.54. The van der Waals surface area contributed by atoms with Crippen LogP contribution in [0, 0.1) is 11.8 Å². The Morgan fingerprint density at radius 3 is 2.78 bits per heavy atom. The highest BCUT2D eigenvalue weighted by Gasteiger charge is 2.25. The number of oxime groups is 1. The van der Waals surface area contributed by atoms with Crippen molar-refractivity contribution in [2.45, 2.75) is 20.3 Å². The van der Waals surface area contributed by atoms with Gasteiger partial charge in [0, 0.05) is 13.1 Å². The van der Waals surface area contributed by atoms with Crippen LogP contribution in [0.15, 0.2) is 17.5 Å². The molecule has 0 saturated carbocycles. The summed E-state index contributed by atoms with van der Waals surface area (Å²) < 4.78 is 0. The molecule has 0 spiro atoms. The Morgan fingerprint density at radius 1 is 1.50 bits per heavy atom. The summed E-state index contributed by atoms with van der Waals surface area (Å²) in [5.74, 6) is 2.25. The van der Waals surface area contributed by atoms with Gasteiger partial charge in [-0.1, -0.05) is 19.0 Å². The van der Waals surface area contributed by atoms with E-state index < -0.39 is 0 Å². The fraction of sp³-hybridized carbons (Fsp3) is 0.583. The van der Waals surface area contributed by atoms with E-state index in [2.05, 4.69) is 33.9 Å². The molecule has 0 bridgehead atoms. The maximum absolute atomic E-state index is 8.55. The monoisotopic (exact) mass is 249 g/mol. The van der Waals surface area contributed by atoms with E-state index in [1.807, 2.05) is 0 Å². The van der Waals surface area contributed by atoms with Gasteiger partial charge in [0.1, 0.15) is 11.5 Å². The SMILES string of the molecule is CC(C)C1CCN(c2cnc(C(N)=NO)cn2)C1. The summed E-state index contributed by atoms with van der Waals surface area (Å²) in [5.41, 5.74) is 5.83. The molecule has 1 aromatic rings. The van der Waals surface area contributed by atoms with Gasteiger partial charge in [-0.05, 0) is 18.3 Å². The molecule has 1 atom stereocenters. The summed E-state index contributed by atoms with van der Waals surface area (Å²) in [6, 6.07) is 0. The Labute approximate surface area is 107 Å². The van der Waals surface area contributed by atoms with E-state index in [0.717, 1.165) is 24.8 Å². The Kier molecular flexibility index (Phi) is 3.64. The van der Waals surface area contributed by atoms with Crippen molar-refractivity contribution >= 4 is 11.7 Å². The molecule has 1 unspecified atom stereocenters. The van der Waals surface area contributed by atoms with Crippen LogP contribution < -0.4 is 10.6 Å². The highest BCUT2D eigenvalue weighted by atomic mass is 16.4. The van der Waals surface area contributed by atoms with Crippen LogP contribution in [0.3, 0.4) is 0 Å². The van der Waals surface area contributed by atoms with Crippen molar-refractivity contribution in [3.8, 4) is 0 Å². The third kappa shape index (κ3) is 2.52. The van der Waals surface area contributed by atoms with Gasteiger partial charge in [-0.25, -0.2) is 9.97 Å². The lowest BCUT2D eigenvalue weighted by atomic mass is 9.95. The van der Waals surface area contributed by atoms with Crippen molar-refractivity contribution in [2.75, 3.05) is 18.0 Å². The smallest absolute Gasteiger partial charge is 0.190 e. The first kappa shape index (κ1) is 12.6. The van der Waals surface area contributed by atoms with Gasteiger partial charge in [0.2, 0.25) is 0 Å².